The maximum absolute atomic E-state index is 11.5. The molecule has 5 heteroatoms. The number of ether oxygens (including phenoxy) is 2. The molecule has 0 saturated carbocycles. The summed E-state index contributed by atoms with van der Waals surface area (Å²) in [5, 5.41) is 2.62. The Labute approximate surface area is 135 Å². The van der Waals surface area contributed by atoms with Crippen LogP contribution in [0.4, 0.5) is 0 Å². The molecule has 1 amide bonds. The average Bonchev–Trinajstić information content (AvgIpc) is 3.04. The lowest BCUT2D eigenvalue weighted by atomic mass is 10.1. The number of fused-ring (bicyclic) bond motifs is 1. The van der Waals surface area contributed by atoms with Crippen molar-refractivity contribution in [2.24, 2.45) is 0 Å². The molecule has 0 saturated heterocycles. The van der Waals surface area contributed by atoms with Crippen LogP contribution in [-0.2, 0) is 13.1 Å². The fourth-order valence-corrected chi connectivity index (χ4v) is 2.68. The Morgan fingerprint density at radius 3 is 2.65 bits per heavy atom. The van der Waals surface area contributed by atoms with Gasteiger partial charge in [0.15, 0.2) is 11.5 Å². The Morgan fingerprint density at radius 1 is 1.13 bits per heavy atom. The zero-order chi connectivity index (χ0) is 16.2. The lowest BCUT2D eigenvalue weighted by Gasteiger charge is -2.18. The van der Waals surface area contributed by atoms with E-state index >= 15 is 0 Å². The highest BCUT2D eigenvalue weighted by molar-refractivity contribution is 5.93. The summed E-state index contributed by atoms with van der Waals surface area (Å²) in [5.74, 6) is 1.59. The summed E-state index contributed by atoms with van der Waals surface area (Å²) >= 11 is 0. The van der Waals surface area contributed by atoms with E-state index in [-0.39, 0.29) is 12.7 Å². The second-order valence-corrected chi connectivity index (χ2v) is 5.60. The fraction of sp³-hybridized carbons (Fsp3) is 0.278. The molecular formula is C18H20N2O3. The van der Waals surface area contributed by atoms with Gasteiger partial charge in [-0.25, -0.2) is 0 Å². The number of hydrogen-bond acceptors (Lipinski definition) is 4. The van der Waals surface area contributed by atoms with Crippen molar-refractivity contribution in [2.75, 3.05) is 20.9 Å². The summed E-state index contributed by atoms with van der Waals surface area (Å²) < 4.78 is 10.9. The zero-order valence-electron chi connectivity index (χ0n) is 13.3. The number of para-hydroxylation sites is 1. The third kappa shape index (κ3) is 3.46. The fourth-order valence-electron chi connectivity index (χ4n) is 2.68. The number of benzene rings is 2. The van der Waals surface area contributed by atoms with E-state index in [2.05, 4.69) is 23.3 Å². The summed E-state index contributed by atoms with van der Waals surface area (Å²) in [7, 11) is 3.69. The van der Waals surface area contributed by atoms with Gasteiger partial charge in [0, 0.05) is 31.3 Å². The highest BCUT2D eigenvalue weighted by Crippen LogP contribution is 2.35. The van der Waals surface area contributed by atoms with Gasteiger partial charge >= 0.3 is 0 Å². The largest absolute Gasteiger partial charge is 0.454 e. The van der Waals surface area contributed by atoms with Gasteiger partial charge in [0.1, 0.15) is 0 Å². The molecule has 120 valence electrons. The molecule has 3 rings (SSSR count). The third-order valence-electron chi connectivity index (χ3n) is 3.81. The maximum Gasteiger partial charge on any atom is 0.251 e. The average molecular weight is 312 g/mol. The molecule has 0 unspecified atom stereocenters. The van der Waals surface area contributed by atoms with Crippen LogP contribution in [0.25, 0.3) is 0 Å². The molecule has 0 fully saturated rings. The zero-order valence-corrected chi connectivity index (χ0v) is 13.3. The van der Waals surface area contributed by atoms with Gasteiger partial charge < -0.3 is 14.8 Å². The predicted octanol–water partition coefficient (Wildman–Crippen LogP) is 2.41. The number of carbonyl (C=O) groups excluding carboxylic acids is 1. The van der Waals surface area contributed by atoms with Crippen molar-refractivity contribution < 1.29 is 14.3 Å². The predicted molar refractivity (Wildman–Crippen MR) is 87.6 cm³/mol. The molecule has 0 spiro atoms. The van der Waals surface area contributed by atoms with E-state index in [0.717, 1.165) is 35.7 Å². The molecule has 0 bridgehead atoms. The van der Waals surface area contributed by atoms with Crippen molar-refractivity contribution in [3.63, 3.8) is 0 Å². The molecule has 0 atom stereocenters. The lowest BCUT2D eigenvalue weighted by Crippen LogP contribution is -2.19. The van der Waals surface area contributed by atoms with E-state index in [4.69, 9.17) is 9.47 Å². The first kappa shape index (κ1) is 15.4. The highest BCUT2D eigenvalue weighted by Gasteiger charge is 2.18. The Kier molecular flexibility index (Phi) is 4.48. The van der Waals surface area contributed by atoms with Crippen LogP contribution in [-0.4, -0.2) is 31.7 Å². The van der Waals surface area contributed by atoms with Crippen LogP contribution in [0.3, 0.4) is 0 Å². The Bertz CT molecular complexity index is 698. The van der Waals surface area contributed by atoms with Gasteiger partial charge in [0.05, 0.1) is 0 Å². The molecule has 0 radical (unpaired) electrons. The minimum Gasteiger partial charge on any atom is -0.454 e. The summed E-state index contributed by atoms with van der Waals surface area (Å²) in [6.45, 7) is 1.85. The summed E-state index contributed by atoms with van der Waals surface area (Å²) in [4.78, 5) is 13.7. The Morgan fingerprint density at radius 2 is 1.91 bits per heavy atom. The molecule has 2 aromatic carbocycles. The van der Waals surface area contributed by atoms with Gasteiger partial charge in [-0.15, -0.1) is 0 Å². The molecule has 1 heterocycles. The van der Waals surface area contributed by atoms with Gasteiger partial charge in [0.25, 0.3) is 5.91 Å². The second-order valence-electron chi connectivity index (χ2n) is 5.60. The number of carbonyl (C=O) groups is 1. The van der Waals surface area contributed by atoms with Gasteiger partial charge in [-0.2, -0.15) is 0 Å². The first-order valence-corrected chi connectivity index (χ1v) is 7.54. The van der Waals surface area contributed by atoms with Crippen LogP contribution in [0.5, 0.6) is 11.5 Å². The molecular weight excluding hydrogens is 292 g/mol. The van der Waals surface area contributed by atoms with E-state index in [9.17, 15) is 4.79 Å². The number of nitrogens with one attached hydrogen (secondary N) is 1. The molecule has 1 aliphatic heterocycles. The van der Waals surface area contributed by atoms with Crippen molar-refractivity contribution in [1.29, 1.82) is 0 Å². The van der Waals surface area contributed by atoms with Gasteiger partial charge in [-0.3, -0.25) is 9.69 Å². The van der Waals surface area contributed by atoms with Crippen LogP contribution in [0.15, 0.2) is 42.5 Å². The van der Waals surface area contributed by atoms with E-state index < -0.39 is 0 Å². The number of nitrogens with zero attached hydrogens (tertiary/aromatic N) is 1. The van der Waals surface area contributed by atoms with Gasteiger partial charge in [0.2, 0.25) is 6.79 Å². The number of amides is 1. The van der Waals surface area contributed by atoms with Crippen molar-refractivity contribution in [2.45, 2.75) is 13.1 Å². The van der Waals surface area contributed by atoms with E-state index in [1.165, 1.54) is 0 Å². The van der Waals surface area contributed by atoms with Crippen molar-refractivity contribution >= 4 is 5.91 Å². The van der Waals surface area contributed by atoms with Crippen molar-refractivity contribution in [3.8, 4) is 11.5 Å². The van der Waals surface area contributed by atoms with Crippen LogP contribution >= 0.6 is 0 Å². The third-order valence-corrected chi connectivity index (χ3v) is 3.81. The molecule has 2 aromatic rings. The van der Waals surface area contributed by atoms with Crippen LogP contribution < -0.4 is 14.8 Å². The lowest BCUT2D eigenvalue weighted by molar-refractivity contribution is 0.0963. The van der Waals surface area contributed by atoms with Crippen molar-refractivity contribution in [3.05, 3.63) is 59.2 Å². The molecule has 0 aromatic heterocycles. The number of hydrogen-bond donors (Lipinski definition) is 1. The summed E-state index contributed by atoms with van der Waals surface area (Å²) in [6, 6.07) is 13.6. The van der Waals surface area contributed by atoms with Crippen molar-refractivity contribution in [1.82, 2.24) is 10.2 Å². The molecule has 1 N–H and O–H groups in total. The van der Waals surface area contributed by atoms with E-state index in [1.54, 1.807) is 7.05 Å². The molecule has 0 aliphatic carbocycles. The topological polar surface area (TPSA) is 50.8 Å². The molecule has 1 aliphatic rings. The monoisotopic (exact) mass is 312 g/mol. The van der Waals surface area contributed by atoms with E-state index in [1.807, 2.05) is 36.4 Å². The normalized spacial score (nSPS) is 12.5. The SMILES string of the molecule is CNC(=O)c1ccc(CN(C)Cc2cccc3c2OCO3)cc1. The van der Waals surface area contributed by atoms with Crippen LogP contribution in [0.1, 0.15) is 21.5 Å². The number of rotatable bonds is 5. The minimum absolute atomic E-state index is 0.0677. The first-order valence-electron chi connectivity index (χ1n) is 7.54. The smallest absolute Gasteiger partial charge is 0.251 e. The molecule has 23 heavy (non-hydrogen) atoms. The van der Waals surface area contributed by atoms with E-state index in [0.29, 0.717) is 5.56 Å². The minimum atomic E-state index is -0.0677. The second kappa shape index (κ2) is 6.71. The van der Waals surface area contributed by atoms with Gasteiger partial charge in [-0.05, 0) is 30.8 Å². The highest BCUT2D eigenvalue weighted by atomic mass is 16.7. The summed E-state index contributed by atoms with van der Waals surface area (Å²) in [6.07, 6.45) is 0. The maximum atomic E-state index is 11.5. The quantitative estimate of drug-likeness (QED) is 0.921. The Balaban J connectivity index is 1.65. The first-order chi connectivity index (χ1) is 11.2. The van der Waals surface area contributed by atoms with Crippen LogP contribution in [0, 0.1) is 0 Å². The van der Waals surface area contributed by atoms with Gasteiger partial charge in [-0.1, -0.05) is 24.3 Å². The van der Waals surface area contributed by atoms with Crippen LogP contribution in [0.2, 0.25) is 0 Å². The standard InChI is InChI=1S/C18H20N2O3/c1-19-18(21)14-8-6-13(7-9-14)10-20(2)11-15-4-3-5-16-17(15)23-12-22-16/h3-9H,10-12H2,1-2H3,(H,19,21). The Hall–Kier alpha value is -2.53. The molecule has 5 nitrogen and oxygen atoms in total. The summed E-state index contributed by atoms with van der Waals surface area (Å²) in [5.41, 5.74) is 2.94.